The van der Waals surface area contributed by atoms with Gasteiger partial charge in [-0.15, -0.1) is 0 Å². The maximum absolute atomic E-state index is 10.4. The zero-order chi connectivity index (χ0) is 16.4. The van der Waals surface area contributed by atoms with Gasteiger partial charge in [0.2, 0.25) is 0 Å². The van der Waals surface area contributed by atoms with Crippen LogP contribution in [0.15, 0.2) is 42.7 Å². The van der Waals surface area contributed by atoms with Crippen molar-refractivity contribution in [3.63, 3.8) is 0 Å². The summed E-state index contributed by atoms with van der Waals surface area (Å²) in [5.41, 5.74) is 1.87. The van der Waals surface area contributed by atoms with Crippen molar-refractivity contribution in [2.75, 3.05) is 11.9 Å². The van der Waals surface area contributed by atoms with Gasteiger partial charge in [-0.3, -0.25) is 0 Å². The van der Waals surface area contributed by atoms with Crippen molar-refractivity contribution >= 4 is 11.6 Å². The summed E-state index contributed by atoms with van der Waals surface area (Å²) in [6, 6.07) is 12.0. The minimum absolute atomic E-state index is 0.334. The Morgan fingerprint density at radius 1 is 1.21 bits per heavy atom. The molecule has 2 heterocycles. The Balaban J connectivity index is 1.60. The third-order valence-electron chi connectivity index (χ3n) is 4.76. The van der Waals surface area contributed by atoms with Gasteiger partial charge in [0.15, 0.2) is 0 Å². The highest BCUT2D eigenvalue weighted by atomic mass is 16.3. The second-order valence-electron chi connectivity index (χ2n) is 6.36. The highest BCUT2D eigenvalue weighted by molar-refractivity contribution is 5.65. The summed E-state index contributed by atoms with van der Waals surface area (Å²) in [6.45, 7) is 0.512. The molecular weight excluding hydrogens is 302 g/mol. The zero-order valence-electron chi connectivity index (χ0n) is 13.5. The largest absolute Gasteiger partial charge is 0.391 e. The minimum atomic E-state index is -0.334. The molecule has 1 aliphatic carbocycles. The standard InChI is InChI=1S/C18H21N5O/c24-16(14-8-4-5-9-14)11-19-17-10-15(13-6-2-1-3-7-13)22-18-20-12-21-23(17)18/h1-3,6-7,10,12,14,16,19,24H,4-5,8-9,11H2. The van der Waals surface area contributed by atoms with E-state index in [0.29, 0.717) is 18.2 Å². The lowest BCUT2D eigenvalue weighted by Crippen LogP contribution is -2.27. The fourth-order valence-corrected chi connectivity index (χ4v) is 3.41. The van der Waals surface area contributed by atoms with Crippen LogP contribution in [0.2, 0.25) is 0 Å². The lowest BCUT2D eigenvalue weighted by atomic mass is 10.0. The molecule has 6 heteroatoms. The predicted octanol–water partition coefficient (Wildman–Crippen LogP) is 2.75. The fourth-order valence-electron chi connectivity index (χ4n) is 3.41. The van der Waals surface area contributed by atoms with Crippen LogP contribution in [0.5, 0.6) is 0 Å². The molecule has 0 bridgehead atoms. The van der Waals surface area contributed by atoms with Crippen LogP contribution in [0, 0.1) is 5.92 Å². The summed E-state index contributed by atoms with van der Waals surface area (Å²) >= 11 is 0. The summed E-state index contributed by atoms with van der Waals surface area (Å²) in [7, 11) is 0. The Labute approximate surface area is 140 Å². The molecule has 1 atom stereocenters. The molecule has 0 aliphatic heterocycles. The molecule has 0 spiro atoms. The van der Waals surface area contributed by atoms with Crippen molar-refractivity contribution in [3.05, 3.63) is 42.7 Å². The Morgan fingerprint density at radius 2 is 2.00 bits per heavy atom. The fraction of sp³-hybridized carbons (Fsp3) is 0.389. The number of benzene rings is 1. The maximum atomic E-state index is 10.4. The quantitative estimate of drug-likeness (QED) is 0.755. The lowest BCUT2D eigenvalue weighted by molar-refractivity contribution is 0.122. The topological polar surface area (TPSA) is 75.3 Å². The number of aliphatic hydroxyl groups is 1. The lowest BCUT2D eigenvalue weighted by Gasteiger charge is -2.19. The average Bonchev–Trinajstić information content (AvgIpc) is 3.31. The highest BCUT2D eigenvalue weighted by Gasteiger charge is 2.23. The van der Waals surface area contributed by atoms with E-state index >= 15 is 0 Å². The third-order valence-corrected chi connectivity index (χ3v) is 4.76. The van der Waals surface area contributed by atoms with Gasteiger partial charge in [-0.25, -0.2) is 4.98 Å². The number of rotatable bonds is 5. The molecule has 6 nitrogen and oxygen atoms in total. The first kappa shape index (κ1) is 15.1. The molecule has 1 aliphatic rings. The Morgan fingerprint density at radius 3 is 2.79 bits per heavy atom. The molecule has 1 aromatic carbocycles. The van der Waals surface area contributed by atoms with Crippen molar-refractivity contribution in [2.24, 2.45) is 5.92 Å². The summed E-state index contributed by atoms with van der Waals surface area (Å²) < 4.78 is 1.67. The van der Waals surface area contributed by atoms with Crippen LogP contribution < -0.4 is 5.32 Å². The van der Waals surface area contributed by atoms with Gasteiger partial charge in [-0.1, -0.05) is 43.2 Å². The van der Waals surface area contributed by atoms with Gasteiger partial charge < -0.3 is 10.4 Å². The van der Waals surface area contributed by atoms with Crippen molar-refractivity contribution in [2.45, 2.75) is 31.8 Å². The molecule has 1 unspecified atom stereocenters. The average molecular weight is 323 g/mol. The van der Waals surface area contributed by atoms with Gasteiger partial charge in [0.1, 0.15) is 12.1 Å². The van der Waals surface area contributed by atoms with E-state index in [0.717, 1.165) is 29.9 Å². The number of anilines is 1. The Kier molecular flexibility index (Phi) is 4.13. The smallest absolute Gasteiger partial charge is 0.254 e. The van der Waals surface area contributed by atoms with E-state index in [2.05, 4.69) is 20.4 Å². The first-order valence-electron chi connectivity index (χ1n) is 8.49. The molecule has 24 heavy (non-hydrogen) atoms. The van der Waals surface area contributed by atoms with E-state index in [1.165, 1.54) is 19.2 Å². The van der Waals surface area contributed by atoms with Gasteiger partial charge >= 0.3 is 0 Å². The van der Waals surface area contributed by atoms with Crippen LogP contribution in [0.1, 0.15) is 25.7 Å². The zero-order valence-corrected chi connectivity index (χ0v) is 13.5. The summed E-state index contributed by atoms with van der Waals surface area (Å²) in [5, 5.41) is 18.0. The molecular formula is C18H21N5O. The van der Waals surface area contributed by atoms with Gasteiger partial charge in [0.05, 0.1) is 11.8 Å². The van der Waals surface area contributed by atoms with Crippen LogP contribution >= 0.6 is 0 Å². The molecule has 2 N–H and O–H groups in total. The second-order valence-corrected chi connectivity index (χ2v) is 6.36. The van der Waals surface area contributed by atoms with Gasteiger partial charge in [-0.05, 0) is 18.8 Å². The molecule has 1 fully saturated rings. The van der Waals surface area contributed by atoms with Crippen LogP contribution in [0.3, 0.4) is 0 Å². The van der Waals surface area contributed by atoms with Gasteiger partial charge in [0, 0.05) is 18.2 Å². The molecule has 2 aromatic heterocycles. The van der Waals surface area contributed by atoms with Crippen LogP contribution in [-0.2, 0) is 0 Å². The maximum Gasteiger partial charge on any atom is 0.254 e. The summed E-state index contributed by atoms with van der Waals surface area (Å²) in [5.74, 6) is 1.75. The van der Waals surface area contributed by atoms with E-state index < -0.39 is 0 Å². The second kappa shape index (κ2) is 6.57. The minimum Gasteiger partial charge on any atom is -0.391 e. The van der Waals surface area contributed by atoms with Crippen molar-refractivity contribution in [1.82, 2.24) is 19.6 Å². The molecule has 4 rings (SSSR count). The number of nitrogens with one attached hydrogen (secondary N) is 1. The van der Waals surface area contributed by atoms with Crippen LogP contribution in [-0.4, -0.2) is 37.3 Å². The molecule has 0 saturated heterocycles. The van der Waals surface area contributed by atoms with E-state index in [4.69, 9.17) is 0 Å². The van der Waals surface area contributed by atoms with Crippen molar-refractivity contribution < 1.29 is 5.11 Å². The molecule has 1 saturated carbocycles. The van der Waals surface area contributed by atoms with Crippen LogP contribution in [0.25, 0.3) is 17.0 Å². The van der Waals surface area contributed by atoms with Gasteiger partial charge in [0.25, 0.3) is 5.78 Å². The van der Waals surface area contributed by atoms with E-state index in [1.807, 2.05) is 36.4 Å². The number of hydrogen-bond donors (Lipinski definition) is 2. The van der Waals surface area contributed by atoms with E-state index in [-0.39, 0.29) is 6.10 Å². The first-order valence-corrected chi connectivity index (χ1v) is 8.49. The molecule has 3 aromatic rings. The Hall–Kier alpha value is -2.47. The number of nitrogens with zero attached hydrogens (tertiary/aromatic N) is 4. The summed E-state index contributed by atoms with van der Waals surface area (Å²) in [4.78, 5) is 8.77. The summed E-state index contributed by atoms with van der Waals surface area (Å²) in [6.07, 6.45) is 5.85. The molecule has 0 radical (unpaired) electrons. The third kappa shape index (κ3) is 2.97. The SMILES string of the molecule is OC(CNc1cc(-c2ccccc2)nc2ncnn12)C1CCCC1. The number of hydrogen-bond acceptors (Lipinski definition) is 5. The van der Waals surface area contributed by atoms with E-state index in [9.17, 15) is 5.11 Å². The number of aliphatic hydroxyl groups excluding tert-OH is 1. The predicted molar refractivity (Wildman–Crippen MR) is 92.7 cm³/mol. The number of fused-ring (bicyclic) bond motifs is 1. The van der Waals surface area contributed by atoms with E-state index in [1.54, 1.807) is 4.52 Å². The van der Waals surface area contributed by atoms with Crippen molar-refractivity contribution in [1.29, 1.82) is 0 Å². The highest BCUT2D eigenvalue weighted by Crippen LogP contribution is 2.28. The van der Waals surface area contributed by atoms with Crippen LogP contribution in [0.4, 0.5) is 5.82 Å². The molecule has 0 amide bonds. The Bertz CT molecular complexity index is 811. The van der Waals surface area contributed by atoms with Crippen molar-refractivity contribution in [3.8, 4) is 11.3 Å². The molecule has 124 valence electrons. The first-order chi connectivity index (χ1) is 11.8. The normalized spacial score (nSPS) is 16.5. The van der Waals surface area contributed by atoms with Gasteiger partial charge in [-0.2, -0.15) is 14.6 Å². The number of aromatic nitrogens is 4. The monoisotopic (exact) mass is 323 g/mol.